The molecule has 32 heavy (non-hydrogen) atoms. The smallest absolute Gasteiger partial charge is 0.245 e. The molecule has 2 atom stereocenters. The van der Waals surface area contributed by atoms with Crippen LogP contribution in [0.1, 0.15) is 36.8 Å². The SMILES string of the molecule is O=C([C@@H]1C[C@]2(CCN(Cc3ccccc3)C2)C(=O)N1)N1CCC(Cc2ccccc2)CC1. The van der Waals surface area contributed by atoms with E-state index in [1.807, 2.05) is 11.0 Å². The second kappa shape index (κ2) is 9.07. The van der Waals surface area contributed by atoms with Gasteiger partial charge in [-0.1, -0.05) is 60.7 Å². The number of nitrogens with zero attached hydrogens (tertiary/aromatic N) is 2. The van der Waals surface area contributed by atoms with Crippen molar-refractivity contribution in [1.29, 1.82) is 0 Å². The largest absolute Gasteiger partial charge is 0.344 e. The van der Waals surface area contributed by atoms with Crippen molar-refractivity contribution in [2.45, 2.75) is 44.7 Å². The Morgan fingerprint density at radius 2 is 1.59 bits per heavy atom. The third-order valence-electron chi connectivity index (χ3n) is 7.66. The predicted octanol–water partition coefficient (Wildman–Crippen LogP) is 3.25. The van der Waals surface area contributed by atoms with Crippen molar-refractivity contribution in [3.63, 3.8) is 0 Å². The number of carbonyl (C=O) groups is 2. The quantitative estimate of drug-likeness (QED) is 0.791. The molecule has 0 aromatic heterocycles. The molecule has 0 saturated carbocycles. The highest BCUT2D eigenvalue weighted by atomic mass is 16.2. The van der Waals surface area contributed by atoms with Gasteiger partial charge in [0.1, 0.15) is 6.04 Å². The van der Waals surface area contributed by atoms with Crippen LogP contribution in [0, 0.1) is 11.3 Å². The van der Waals surface area contributed by atoms with Gasteiger partial charge in [-0.3, -0.25) is 14.5 Å². The van der Waals surface area contributed by atoms with E-state index < -0.39 is 5.41 Å². The van der Waals surface area contributed by atoms with Gasteiger partial charge in [0.15, 0.2) is 0 Å². The van der Waals surface area contributed by atoms with Crippen LogP contribution in [0.2, 0.25) is 0 Å². The molecular formula is C27H33N3O2. The summed E-state index contributed by atoms with van der Waals surface area (Å²) in [7, 11) is 0. The second-order valence-electron chi connectivity index (χ2n) is 9.92. The fraction of sp³-hybridized carbons (Fsp3) is 0.481. The summed E-state index contributed by atoms with van der Waals surface area (Å²) < 4.78 is 0. The molecule has 2 aromatic rings. The first kappa shape index (κ1) is 21.2. The van der Waals surface area contributed by atoms with Crippen LogP contribution in [0.5, 0.6) is 0 Å². The van der Waals surface area contributed by atoms with Crippen molar-refractivity contribution in [3.8, 4) is 0 Å². The first-order valence-corrected chi connectivity index (χ1v) is 12.0. The Bertz CT molecular complexity index is 940. The molecule has 1 spiro atoms. The molecule has 5 nitrogen and oxygen atoms in total. The van der Waals surface area contributed by atoms with Gasteiger partial charge in [-0.2, -0.15) is 0 Å². The summed E-state index contributed by atoms with van der Waals surface area (Å²) in [5, 5.41) is 3.06. The molecule has 0 radical (unpaired) electrons. The van der Waals surface area contributed by atoms with Gasteiger partial charge < -0.3 is 10.2 Å². The van der Waals surface area contributed by atoms with Crippen LogP contribution < -0.4 is 5.32 Å². The fourth-order valence-corrected chi connectivity index (χ4v) is 5.81. The zero-order chi connectivity index (χ0) is 22.0. The van der Waals surface area contributed by atoms with Crippen LogP contribution in [0.25, 0.3) is 0 Å². The molecule has 168 valence electrons. The minimum Gasteiger partial charge on any atom is -0.344 e. The Morgan fingerprint density at radius 1 is 0.938 bits per heavy atom. The molecule has 0 aliphatic carbocycles. The Morgan fingerprint density at radius 3 is 2.28 bits per heavy atom. The Hall–Kier alpha value is -2.66. The first-order valence-electron chi connectivity index (χ1n) is 12.0. The molecule has 5 rings (SSSR count). The average Bonchev–Trinajstić information content (AvgIpc) is 3.38. The standard InChI is InChI=1S/C27H33N3O2/c31-25(30-14-11-22(12-15-30)17-21-7-3-1-4-8-21)24-18-27(26(32)28-24)13-16-29(20-27)19-23-9-5-2-6-10-23/h1-10,22,24H,11-20H2,(H,28,32)/t24-,27-/m0/s1. The minimum absolute atomic E-state index is 0.0744. The Kier molecular flexibility index (Phi) is 6.01. The molecule has 1 N–H and O–H groups in total. The normalized spacial score (nSPS) is 26.6. The van der Waals surface area contributed by atoms with Gasteiger partial charge in [0, 0.05) is 26.2 Å². The van der Waals surface area contributed by atoms with Crippen molar-refractivity contribution in [2.75, 3.05) is 26.2 Å². The number of hydrogen-bond donors (Lipinski definition) is 1. The molecule has 3 heterocycles. The topological polar surface area (TPSA) is 52.7 Å². The van der Waals surface area contributed by atoms with Gasteiger partial charge in [-0.15, -0.1) is 0 Å². The summed E-state index contributed by atoms with van der Waals surface area (Å²) >= 11 is 0. The molecule has 0 bridgehead atoms. The lowest BCUT2D eigenvalue weighted by Crippen LogP contribution is -2.47. The summed E-state index contributed by atoms with van der Waals surface area (Å²) in [6.45, 7) is 4.12. The van der Waals surface area contributed by atoms with Crippen LogP contribution in [0.3, 0.4) is 0 Å². The second-order valence-corrected chi connectivity index (χ2v) is 9.92. The lowest BCUT2D eigenvalue weighted by atomic mass is 9.83. The highest BCUT2D eigenvalue weighted by Crippen LogP contribution is 2.40. The van der Waals surface area contributed by atoms with Gasteiger partial charge in [0.05, 0.1) is 5.41 Å². The molecule has 3 saturated heterocycles. The third-order valence-corrected chi connectivity index (χ3v) is 7.66. The molecule has 3 aliphatic rings. The predicted molar refractivity (Wildman–Crippen MR) is 125 cm³/mol. The van der Waals surface area contributed by atoms with E-state index in [1.54, 1.807) is 0 Å². The van der Waals surface area contributed by atoms with E-state index in [0.29, 0.717) is 12.3 Å². The molecule has 0 unspecified atom stereocenters. The summed E-state index contributed by atoms with van der Waals surface area (Å²) in [5.41, 5.74) is 2.25. The van der Waals surface area contributed by atoms with Gasteiger partial charge in [0.25, 0.3) is 0 Å². The summed E-state index contributed by atoms with van der Waals surface area (Å²) in [5.74, 6) is 0.826. The highest BCUT2D eigenvalue weighted by molar-refractivity contribution is 5.94. The molecule has 3 fully saturated rings. The van der Waals surface area contributed by atoms with E-state index in [4.69, 9.17) is 0 Å². The van der Waals surface area contributed by atoms with E-state index in [0.717, 1.165) is 58.4 Å². The van der Waals surface area contributed by atoms with Crippen LogP contribution in [-0.4, -0.2) is 53.8 Å². The van der Waals surface area contributed by atoms with Crippen molar-refractivity contribution >= 4 is 11.8 Å². The lowest BCUT2D eigenvalue weighted by molar-refractivity contribution is -0.135. The zero-order valence-corrected chi connectivity index (χ0v) is 18.7. The fourth-order valence-electron chi connectivity index (χ4n) is 5.81. The summed E-state index contributed by atoms with van der Waals surface area (Å²) in [4.78, 5) is 30.5. The lowest BCUT2D eigenvalue weighted by Gasteiger charge is -2.33. The van der Waals surface area contributed by atoms with Crippen LogP contribution in [-0.2, 0) is 22.6 Å². The van der Waals surface area contributed by atoms with Crippen molar-refractivity contribution < 1.29 is 9.59 Å². The Labute approximate surface area is 190 Å². The number of amides is 2. The number of rotatable bonds is 5. The monoisotopic (exact) mass is 431 g/mol. The van der Waals surface area contributed by atoms with E-state index in [9.17, 15) is 9.59 Å². The van der Waals surface area contributed by atoms with E-state index in [1.165, 1.54) is 11.1 Å². The highest BCUT2D eigenvalue weighted by Gasteiger charge is 2.53. The zero-order valence-electron chi connectivity index (χ0n) is 18.7. The van der Waals surface area contributed by atoms with Gasteiger partial charge in [-0.05, 0) is 55.7 Å². The van der Waals surface area contributed by atoms with Crippen LogP contribution in [0.4, 0.5) is 0 Å². The van der Waals surface area contributed by atoms with Crippen molar-refractivity contribution in [2.24, 2.45) is 11.3 Å². The molecular weight excluding hydrogens is 398 g/mol. The number of likely N-dealkylation sites (tertiary alicyclic amines) is 2. The van der Waals surface area contributed by atoms with Crippen LogP contribution >= 0.6 is 0 Å². The van der Waals surface area contributed by atoms with E-state index in [-0.39, 0.29) is 17.9 Å². The maximum absolute atomic E-state index is 13.2. The van der Waals surface area contributed by atoms with Crippen LogP contribution in [0.15, 0.2) is 60.7 Å². The molecule has 5 heteroatoms. The summed E-state index contributed by atoms with van der Waals surface area (Å²) in [6.07, 6.45) is 4.65. The van der Waals surface area contributed by atoms with Gasteiger partial charge >= 0.3 is 0 Å². The first-order chi connectivity index (χ1) is 15.6. The van der Waals surface area contributed by atoms with E-state index in [2.05, 4.69) is 64.8 Å². The maximum atomic E-state index is 13.2. The molecule has 3 aliphatic heterocycles. The molecule has 2 amide bonds. The Balaban J connectivity index is 1.14. The average molecular weight is 432 g/mol. The summed E-state index contributed by atoms with van der Waals surface area (Å²) in [6, 6.07) is 20.7. The molecule has 2 aromatic carbocycles. The maximum Gasteiger partial charge on any atom is 0.245 e. The van der Waals surface area contributed by atoms with E-state index >= 15 is 0 Å². The van der Waals surface area contributed by atoms with Crippen molar-refractivity contribution in [3.05, 3.63) is 71.8 Å². The number of piperidine rings is 1. The van der Waals surface area contributed by atoms with Gasteiger partial charge in [0.2, 0.25) is 11.8 Å². The van der Waals surface area contributed by atoms with Crippen molar-refractivity contribution in [1.82, 2.24) is 15.1 Å². The number of nitrogens with one attached hydrogen (secondary N) is 1. The number of carbonyl (C=O) groups excluding carboxylic acids is 2. The minimum atomic E-state index is -0.402. The number of hydrogen-bond acceptors (Lipinski definition) is 3. The number of benzene rings is 2. The van der Waals surface area contributed by atoms with Gasteiger partial charge in [-0.25, -0.2) is 0 Å². The third kappa shape index (κ3) is 4.44.